The lowest BCUT2D eigenvalue weighted by atomic mass is 9.81. The molecule has 1 saturated carbocycles. The number of hydrogen-bond acceptors (Lipinski definition) is 5. The molecule has 1 aromatic rings. The zero-order valence-electron chi connectivity index (χ0n) is 10.6. The van der Waals surface area contributed by atoms with E-state index in [1.807, 2.05) is 0 Å². The molecular weight excluding hydrogens is 250 g/mol. The Morgan fingerprint density at radius 3 is 2.83 bits per heavy atom. The highest BCUT2D eigenvalue weighted by Crippen LogP contribution is 2.30. The summed E-state index contributed by atoms with van der Waals surface area (Å²) in [5.74, 6) is 1.69. The van der Waals surface area contributed by atoms with E-state index in [-0.39, 0.29) is 5.00 Å². The van der Waals surface area contributed by atoms with Crippen LogP contribution >= 0.6 is 11.3 Å². The molecule has 1 fully saturated rings. The maximum atomic E-state index is 10.5. The van der Waals surface area contributed by atoms with Crippen molar-refractivity contribution in [2.45, 2.75) is 39.0 Å². The van der Waals surface area contributed by atoms with Crippen LogP contribution in [0.1, 0.15) is 39.0 Å². The molecule has 0 aliphatic heterocycles. The minimum absolute atomic E-state index is 0.101. The van der Waals surface area contributed by atoms with Crippen molar-refractivity contribution in [2.24, 2.45) is 11.8 Å². The van der Waals surface area contributed by atoms with Crippen molar-refractivity contribution >= 4 is 21.5 Å². The van der Waals surface area contributed by atoms with Gasteiger partial charge < -0.3 is 5.32 Å². The van der Waals surface area contributed by atoms with Crippen LogP contribution in [0.15, 0.2) is 6.20 Å². The van der Waals surface area contributed by atoms with Crippen LogP contribution in [0.25, 0.3) is 0 Å². The first-order valence-corrected chi connectivity index (χ1v) is 7.31. The second-order valence-electron chi connectivity index (χ2n) is 5.10. The molecule has 1 heterocycles. The van der Waals surface area contributed by atoms with Crippen LogP contribution in [0.4, 0.5) is 10.1 Å². The molecule has 0 spiro atoms. The van der Waals surface area contributed by atoms with Gasteiger partial charge in [-0.2, -0.15) is 0 Å². The second kappa shape index (κ2) is 6.13. The van der Waals surface area contributed by atoms with Crippen LogP contribution in [0, 0.1) is 22.0 Å². The van der Waals surface area contributed by atoms with E-state index in [0.717, 1.165) is 36.1 Å². The third-order valence-corrected chi connectivity index (χ3v) is 4.54. The number of nitro groups is 1. The van der Waals surface area contributed by atoms with Crippen molar-refractivity contribution in [1.82, 2.24) is 4.98 Å². The van der Waals surface area contributed by atoms with E-state index in [0.29, 0.717) is 5.13 Å². The zero-order chi connectivity index (χ0) is 13.0. The van der Waals surface area contributed by atoms with Crippen LogP contribution in [-0.4, -0.2) is 16.5 Å². The summed E-state index contributed by atoms with van der Waals surface area (Å²) in [5.41, 5.74) is 0. The normalized spacial score (nSPS) is 23.8. The molecule has 0 bridgehead atoms. The second-order valence-corrected chi connectivity index (χ2v) is 6.11. The smallest absolute Gasteiger partial charge is 0.345 e. The van der Waals surface area contributed by atoms with E-state index < -0.39 is 4.92 Å². The number of nitrogens with zero attached hydrogens (tertiary/aromatic N) is 2. The lowest BCUT2D eigenvalue weighted by Gasteiger charge is -2.25. The Bertz CT molecular complexity index is 400. The van der Waals surface area contributed by atoms with Gasteiger partial charge in [0.05, 0.1) is 4.92 Å². The number of nitrogens with one attached hydrogen (secondary N) is 1. The maximum absolute atomic E-state index is 10.5. The van der Waals surface area contributed by atoms with E-state index >= 15 is 0 Å². The van der Waals surface area contributed by atoms with Gasteiger partial charge in [0.1, 0.15) is 6.20 Å². The maximum Gasteiger partial charge on any atom is 0.345 e. The van der Waals surface area contributed by atoms with Crippen molar-refractivity contribution in [1.29, 1.82) is 0 Å². The molecule has 6 heteroatoms. The molecule has 0 aromatic carbocycles. The largest absolute Gasteiger partial charge is 0.361 e. The number of hydrogen-bond donors (Lipinski definition) is 1. The molecule has 5 nitrogen and oxygen atoms in total. The van der Waals surface area contributed by atoms with Gasteiger partial charge in [-0.05, 0) is 29.6 Å². The predicted molar refractivity (Wildman–Crippen MR) is 73.0 cm³/mol. The average Bonchev–Trinajstić information content (AvgIpc) is 2.81. The Kier molecular flexibility index (Phi) is 4.52. The topological polar surface area (TPSA) is 68.1 Å². The third kappa shape index (κ3) is 3.66. The Morgan fingerprint density at radius 1 is 1.50 bits per heavy atom. The number of thiazole rings is 1. The van der Waals surface area contributed by atoms with Crippen LogP contribution in [-0.2, 0) is 0 Å². The van der Waals surface area contributed by atoms with E-state index in [1.165, 1.54) is 31.9 Å². The van der Waals surface area contributed by atoms with Gasteiger partial charge in [0.25, 0.3) is 0 Å². The molecule has 0 amide bonds. The van der Waals surface area contributed by atoms with Crippen LogP contribution < -0.4 is 5.32 Å². The monoisotopic (exact) mass is 269 g/mol. The van der Waals surface area contributed by atoms with E-state index in [2.05, 4.69) is 17.2 Å². The van der Waals surface area contributed by atoms with Crippen LogP contribution in [0.5, 0.6) is 0 Å². The quantitative estimate of drug-likeness (QED) is 0.654. The summed E-state index contributed by atoms with van der Waals surface area (Å²) in [6, 6.07) is 0. The summed E-state index contributed by atoms with van der Waals surface area (Å²) in [7, 11) is 0. The summed E-state index contributed by atoms with van der Waals surface area (Å²) in [6.07, 6.45) is 7.78. The fourth-order valence-corrected chi connectivity index (χ4v) is 3.09. The first-order chi connectivity index (χ1) is 8.65. The van der Waals surface area contributed by atoms with Gasteiger partial charge >= 0.3 is 5.00 Å². The van der Waals surface area contributed by atoms with Gasteiger partial charge in [-0.25, -0.2) is 4.98 Å². The minimum Gasteiger partial charge on any atom is -0.361 e. The summed E-state index contributed by atoms with van der Waals surface area (Å²) < 4.78 is 0. The fraction of sp³-hybridized carbons (Fsp3) is 0.750. The molecule has 18 heavy (non-hydrogen) atoms. The number of anilines is 1. The van der Waals surface area contributed by atoms with E-state index in [4.69, 9.17) is 0 Å². The molecular formula is C12H19N3O2S. The molecule has 100 valence electrons. The van der Waals surface area contributed by atoms with Crippen molar-refractivity contribution in [3.8, 4) is 0 Å². The van der Waals surface area contributed by atoms with Gasteiger partial charge in [0.15, 0.2) is 5.13 Å². The molecule has 2 rings (SSSR count). The van der Waals surface area contributed by atoms with Crippen LogP contribution in [0.3, 0.4) is 0 Å². The first kappa shape index (κ1) is 13.3. The van der Waals surface area contributed by atoms with Crippen molar-refractivity contribution in [3.05, 3.63) is 16.3 Å². The van der Waals surface area contributed by atoms with Crippen molar-refractivity contribution in [3.63, 3.8) is 0 Å². The first-order valence-electron chi connectivity index (χ1n) is 6.49. The highest BCUT2D eigenvalue weighted by Gasteiger charge is 2.18. The van der Waals surface area contributed by atoms with E-state index in [9.17, 15) is 10.1 Å². The molecule has 0 radical (unpaired) electrons. The average molecular weight is 269 g/mol. The third-order valence-electron chi connectivity index (χ3n) is 3.64. The summed E-state index contributed by atoms with van der Waals surface area (Å²) >= 11 is 1.11. The molecule has 0 atom stereocenters. The highest BCUT2D eigenvalue weighted by atomic mass is 32.1. The molecule has 0 saturated heterocycles. The van der Waals surface area contributed by atoms with Gasteiger partial charge in [0, 0.05) is 6.54 Å². The van der Waals surface area contributed by atoms with E-state index in [1.54, 1.807) is 0 Å². The summed E-state index contributed by atoms with van der Waals surface area (Å²) in [6.45, 7) is 3.19. The number of aromatic nitrogens is 1. The molecule has 1 aliphatic carbocycles. The van der Waals surface area contributed by atoms with Gasteiger partial charge in [-0.3, -0.25) is 10.1 Å². The lowest BCUT2D eigenvalue weighted by Crippen LogP contribution is -2.15. The van der Waals surface area contributed by atoms with Gasteiger partial charge in [-0.15, -0.1) is 0 Å². The molecule has 0 unspecified atom stereocenters. The number of rotatable bonds is 5. The zero-order valence-corrected chi connectivity index (χ0v) is 11.4. The summed E-state index contributed by atoms with van der Waals surface area (Å²) in [4.78, 5) is 14.1. The predicted octanol–water partition coefficient (Wildman–Crippen LogP) is 3.68. The van der Waals surface area contributed by atoms with Crippen LogP contribution in [0.2, 0.25) is 0 Å². The lowest BCUT2D eigenvalue weighted by molar-refractivity contribution is -0.380. The van der Waals surface area contributed by atoms with Crippen molar-refractivity contribution < 1.29 is 4.92 Å². The molecule has 1 aliphatic rings. The minimum atomic E-state index is -0.397. The Labute approximate surface area is 111 Å². The Morgan fingerprint density at radius 2 is 2.22 bits per heavy atom. The summed E-state index contributed by atoms with van der Waals surface area (Å²) in [5, 5.41) is 14.5. The standard InChI is InChI=1S/C12H19N3O2S/c1-9-2-4-10(5-3-9)6-7-13-12-14-8-11(18-12)15(16)17/h8-10H,2-7H2,1H3,(H,13,14). The van der Waals surface area contributed by atoms with Gasteiger partial charge in [-0.1, -0.05) is 32.6 Å². The van der Waals surface area contributed by atoms with Gasteiger partial charge in [0.2, 0.25) is 0 Å². The Hall–Kier alpha value is -1.17. The Balaban J connectivity index is 1.70. The van der Waals surface area contributed by atoms with Crippen molar-refractivity contribution in [2.75, 3.05) is 11.9 Å². The molecule has 1 aromatic heterocycles. The SMILES string of the molecule is CC1CCC(CCNc2ncc([N+](=O)[O-])s2)CC1. The molecule has 1 N–H and O–H groups in total. The fourth-order valence-electron chi connectivity index (χ4n) is 2.43. The highest BCUT2D eigenvalue weighted by molar-refractivity contribution is 7.18.